The molecular weight excluding hydrogens is 442 g/mol. The molecular formula is C27H21N5O3. The molecule has 0 aliphatic heterocycles. The molecule has 0 amide bonds. The maximum absolute atomic E-state index is 12.5. The van der Waals surface area contributed by atoms with E-state index >= 15 is 0 Å². The third-order valence-corrected chi connectivity index (χ3v) is 5.29. The largest absolute Gasteiger partial charge is 0.465 e. The van der Waals surface area contributed by atoms with E-state index < -0.39 is 5.97 Å². The Kier molecular flexibility index (Phi) is 5.92. The van der Waals surface area contributed by atoms with Crippen LogP contribution >= 0.6 is 0 Å². The number of aromatic nitrogens is 4. The predicted octanol–water partition coefficient (Wildman–Crippen LogP) is 5.28. The lowest BCUT2D eigenvalue weighted by Gasteiger charge is -2.07. The molecule has 3 aromatic heterocycles. The number of nitrogens with zero attached hydrogens (tertiary/aromatic N) is 4. The fourth-order valence-corrected chi connectivity index (χ4v) is 3.65. The molecule has 0 aliphatic carbocycles. The summed E-state index contributed by atoms with van der Waals surface area (Å²) in [5.74, 6) is 0.0991. The first-order valence-corrected chi connectivity index (χ1v) is 10.8. The van der Waals surface area contributed by atoms with Crippen molar-refractivity contribution in [2.24, 2.45) is 0 Å². The molecule has 0 saturated carbocycles. The average Bonchev–Trinajstić information content (AvgIpc) is 3.59. The summed E-state index contributed by atoms with van der Waals surface area (Å²) in [6.07, 6.45) is 1.56. The number of anilines is 1. The normalized spacial score (nSPS) is 10.7. The first kappa shape index (κ1) is 21.8. The maximum atomic E-state index is 12.5. The second-order valence-corrected chi connectivity index (χ2v) is 7.59. The van der Waals surface area contributed by atoms with E-state index in [1.807, 2.05) is 72.8 Å². The molecule has 3 aromatic carbocycles. The van der Waals surface area contributed by atoms with Gasteiger partial charge in [-0.1, -0.05) is 36.4 Å². The Morgan fingerprint density at radius 1 is 0.886 bits per heavy atom. The van der Waals surface area contributed by atoms with Gasteiger partial charge in [0.05, 0.1) is 30.1 Å². The van der Waals surface area contributed by atoms with Crippen molar-refractivity contribution in [3.8, 4) is 17.1 Å². The van der Waals surface area contributed by atoms with E-state index in [0.717, 1.165) is 11.4 Å². The zero-order valence-corrected chi connectivity index (χ0v) is 18.8. The fourth-order valence-electron chi connectivity index (χ4n) is 3.65. The van der Waals surface area contributed by atoms with E-state index in [4.69, 9.17) is 14.9 Å². The number of nitrogen functional groups attached to an aromatic ring is 1. The lowest BCUT2D eigenvalue weighted by molar-refractivity contribution is 0.0603. The van der Waals surface area contributed by atoms with Crippen molar-refractivity contribution in [2.45, 2.75) is 0 Å². The van der Waals surface area contributed by atoms with Gasteiger partial charge in [0, 0.05) is 11.1 Å². The van der Waals surface area contributed by atoms with Crippen molar-refractivity contribution >= 4 is 33.6 Å². The predicted molar refractivity (Wildman–Crippen MR) is 134 cm³/mol. The van der Waals surface area contributed by atoms with Crippen LogP contribution < -0.4 is 5.73 Å². The van der Waals surface area contributed by atoms with Gasteiger partial charge in [0.25, 0.3) is 0 Å². The first-order valence-electron chi connectivity index (χ1n) is 10.8. The van der Waals surface area contributed by atoms with E-state index in [2.05, 4.69) is 15.2 Å². The zero-order chi connectivity index (χ0) is 24.2. The smallest absolute Gasteiger partial charge is 0.338 e. The molecule has 172 valence electrons. The van der Waals surface area contributed by atoms with E-state index in [1.165, 1.54) is 7.11 Å². The van der Waals surface area contributed by atoms with Crippen molar-refractivity contribution in [2.75, 3.05) is 12.8 Å². The van der Waals surface area contributed by atoms with Gasteiger partial charge < -0.3 is 14.9 Å². The summed E-state index contributed by atoms with van der Waals surface area (Å²) >= 11 is 0. The number of rotatable bonds is 3. The number of carbonyl (C=O) groups is 1. The third-order valence-electron chi connectivity index (χ3n) is 5.29. The van der Waals surface area contributed by atoms with Gasteiger partial charge in [0.2, 0.25) is 0 Å². The van der Waals surface area contributed by atoms with Crippen LogP contribution in [0.15, 0.2) is 102 Å². The van der Waals surface area contributed by atoms with Gasteiger partial charge in [-0.3, -0.25) is 0 Å². The Balaban J connectivity index is 0.000000313. The molecule has 8 nitrogen and oxygen atoms in total. The van der Waals surface area contributed by atoms with Gasteiger partial charge in [0.1, 0.15) is 16.7 Å². The number of methoxy groups -OCH3 is 1. The van der Waals surface area contributed by atoms with Crippen LogP contribution in [0.5, 0.6) is 0 Å². The summed E-state index contributed by atoms with van der Waals surface area (Å²) in [6.45, 7) is 0. The number of furan rings is 1. The molecule has 0 unspecified atom stereocenters. The molecule has 6 aromatic rings. The Bertz CT molecular complexity index is 1590. The molecule has 0 aliphatic rings. The summed E-state index contributed by atoms with van der Waals surface area (Å²) < 4.78 is 10.4. The van der Waals surface area contributed by atoms with Gasteiger partial charge in [0.15, 0.2) is 5.76 Å². The average molecular weight is 463 g/mol. The number of fused-ring (bicyclic) bond motifs is 3. The number of para-hydroxylation sites is 2. The number of benzene rings is 3. The standard InChI is InChI=1S/C21H14N4O3.C6H7N/c1-27-21(26)14-12-17(18-8-5-11-28-18)22-15-9-10-16-20(19(14)15)24-25(23-16)13-6-3-2-4-7-13;7-6-4-2-1-3-5-6/h2-12H,1H3;1-5H,7H2. The Morgan fingerprint density at radius 2 is 1.60 bits per heavy atom. The summed E-state index contributed by atoms with van der Waals surface area (Å²) in [7, 11) is 1.35. The Labute approximate surface area is 200 Å². The number of hydrogen-bond donors (Lipinski definition) is 1. The number of ether oxygens (including phenoxy) is 1. The highest BCUT2D eigenvalue weighted by atomic mass is 16.5. The topological polar surface area (TPSA) is 109 Å². The van der Waals surface area contributed by atoms with Crippen molar-refractivity contribution in [3.63, 3.8) is 0 Å². The zero-order valence-electron chi connectivity index (χ0n) is 18.8. The van der Waals surface area contributed by atoms with Gasteiger partial charge >= 0.3 is 5.97 Å². The minimum absolute atomic E-state index is 0.365. The van der Waals surface area contributed by atoms with Gasteiger partial charge in [-0.05, 0) is 54.6 Å². The molecule has 3 heterocycles. The molecule has 35 heavy (non-hydrogen) atoms. The second kappa shape index (κ2) is 9.48. The first-order chi connectivity index (χ1) is 17.1. The summed E-state index contributed by atoms with van der Waals surface area (Å²) in [5, 5.41) is 9.75. The monoisotopic (exact) mass is 463 g/mol. The lowest BCUT2D eigenvalue weighted by atomic mass is 10.1. The fraction of sp³-hybridized carbons (Fsp3) is 0.0370. The van der Waals surface area contributed by atoms with E-state index in [1.54, 1.807) is 29.3 Å². The minimum atomic E-state index is -0.470. The minimum Gasteiger partial charge on any atom is -0.465 e. The second-order valence-electron chi connectivity index (χ2n) is 7.59. The number of nitrogens with two attached hydrogens (primary N) is 1. The highest BCUT2D eigenvalue weighted by molar-refractivity contribution is 6.14. The van der Waals surface area contributed by atoms with Crippen LogP contribution in [0.3, 0.4) is 0 Å². The van der Waals surface area contributed by atoms with Crippen molar-refractivity contribution < 1.29 is 13.9 Å². The van der Waals surface area contributed by atoms with Gasteiger partial charge in [-0.15, -0.1) is 10.2 Å². The number of hydrogen-bond acceptors (Lipinski definition) is 7. The highest BCUT2D eigenvalue weighted by Crippen LogP contribution is 2.30. The van der Waals surface area contributed by atoms with Crippen molar-refractivity contribution in [1.82, 2.24) is 20.0 Å². The highest BCUT2D eigenvalue weighted by Gasteiger charge is 2.20. The van der Waals surface area contributed by atoms with Crippen LogP contribution in [0.4, 0.5) is 5.69 Å². The van der Waals surface area contributed by atoms with Crippen LogP contribution in [-0.4, -0.2) is 33.1 Å². The molecule has 0 fully saturated rings. The van der Waals surface area contributed by atoms with E-state index in [9.17, 15) is 4.79 Å². The van der Waals surface area contributed by atoms with Gasteiger partial charge in [-0.2, -0.15) is 4.80 Å². The molecule has 8 heteroatoms. The molecule has 0 radical (unpaired) electrons. The molecule has 0 saturated heterocycles. The summed E-state index contributed by atoms with van der Waals surface area (Å²) in [5.41, 5.74) is 9.78. The molecule has 6 rings (SSSR count). The maximum Gasteiger partial charge on any atom is 0.338 e. The van der Waals surface area contributed by atoms with Crippen LogP contribution in [0, 0.1) is 0 Å². The number of esters is 1. The molecule has 0 bridgehead atoms. The lowest BCUT2D eigenvalue weighted by Crippen LogP contribution is -2.04. The Morgan fingerprint density at radius 3 is 2.23 bits per heavy atom. The van der Waals surface area contributed by atoms with Crippen LogP contribution in [-0.2, 0) is 4.74 Å². The SMILES string of the molecule is COC(=O)c1cc(-c2ccco2)nc2ccc3nn(-c4ccccc4)nc3c12.Nc1ccccc1. The summed E-state index contributed by atoms with van der Waals surface area (Å²) in [4.78, 5) is 18.7. The molecule has 0 spiro atoms. The summed E-state index contributed by atoms with van der Waals surface area (Å²) in [6, 6.07) is 28.0. The molecule has 2 N–H and O–H groups in total. The van der Waals surface area contributed by atoms with E-state index in [-0.39, 0.29) is 0 Å². The molecule has 0 atom stereocenters. The third kappa shape index (κ3) is 4.45. The number of pyridine rings is 1. The number of carbonyl (C=O) groups excluding carboxylic acids is 1. The van der Waals surface area contributed by atoms with Crippen molar-refractivity contribution in [3.05, 3.63) is 103 Å². The van der Waals surface area contributed by atoms with Crippen LogP contribution in [0.1, 0.15) is 10.4 Å². The quantitative estimate of drug-likeness (QED) is 0.281. The van der Waals surface area contributed by atoms with E-state index in [0.29, 0.717) is 39.0 Å². The van der Waals surface area contributed by atoms with Crippen LogP contribution in [0.25, 0.3) is 39.1 Å². The van der Waals surface area contributed by atoms with Gasteiger partial charge in [-0.25, -0.2) is 9.78 Å². The Hall–Kier alpha value is -4.98. The van der Waals surface area contributed by atoms with Crippen molar-refractivity contribution in [1.29, 1.82) is 0 Å². The van der Waals surface area contributed by atoms with Crippen LogP contribution in [0.2, 0.25) is 0 Å².